The molecule has 0 radical (unpaired) electrons. The van der Waals surface area contributed by atoms with Crippen molar-refractivity contribution in [1.29, 1.82) is 0 Å². The van der Waals surface area contributed by atoms with Gasteiger partial charge in [-0.15, -0.1) is 10.2 Å². The van der Waals surface area contributed by atoms with Crippen molar-refractivity contribution in [2.24, 2.45) is 0 Å². The number of benzene rings is 1. The zero-order valence-electron chi connectivity index (χ0n) is 14.0. The molecule has 0 N–H and O–H groups in total. The zero-order valence-corrected chi connectivity index (χ0v) is 14.8. The Hall–Kier alpha value is -1.93. The monoisotopic (exact) mass is 339 g/mol. The highest BCUT2D eigenvalue weighted by molar-refractivity contribution is 7.99. The van der Waals surface area contributed by atoms with Crippen molar-refractivity contribution in [2.75, 3.05) is 47.7 Å². The van der Waals surface area contributed by atoms with Gasteiger partial charge in [-0.1, -0.05) is 11.8 Å². The molecule has 0 saturated heterocycles. The van der Waals surface area contributed by atoms with Crippen molar-refractivity contribution in [2.45, 2.75) is 5.22 Å². The zero-order chi connectivity index (χ0) is 16.8. The van der Waals surface area contributed by atoms with Gasteiger partial charge in [-0.2, -0.15) is 0 Å². The first kappa shape index (κ1) is 17.4. The molecule has 2 rings (SSSR count). The summed E-state index contributed by atoms with van der Waals surface area (Å²) in [7, 11) is 8.74. The van der Waals surface area contributed by atoms with E-state index in [1.54, 1.807) is 33.5 Å². The lowest BCUT2D eigenvalue weighted by Crippen LogP contribution is -2.14. The van der Waals surface area contributed by atoms with Crippen LogP contribution in [0.5, 0.6) is 17.2 Å². The quantitative estimate of drug-likeness (QED) is 0.679. The molecule has 7 nitrogen and oxygen atoms in total. The van der Waals surface area contributed by atoms with Gasteiger partial charge in [0.05, 0.1) is 21.3 Å². The van der Waals surface area contributed by atoms with Crippen molar-refractivity contribution < 1.29 is 18.6 Å². The fourth-order valence-corrected chi connectivity index (χ4v) is 2.77. The Kier molecular flexibility index (Phi) is 6.12. The summed E-state index contributed by atoms with van der Waals surface area (Å²) in [5.41, 5.74) is 0.714. The maximum atomic E-state index is 5.69. The van der Waals surface area contributed by atoms with Crippen molar-refractivity contribution in [3.8, 4) is 28.7 Å². The van der Waals surface area contributed by atoms with E-state index in [4.69, 9.17) is 18.6 Å². The van der Waals surface area contributed by atoms with Crippen LogP contribution in [0.3, 0.4) is 0 Å². The lowest BCUT2D eigenvalue weighted by Gasteiger charge is -2.12. The minimum atomic E-state index is 0.414. The third kappa shape index (κ3) is 4.29. The van der Waals surface area contributed by atoms with E-state index in [9.17, 15) is 0 Å². The van der Waals surface area contributed by atoms with Crippen LogP contribution in [0.15, 0.2) is 21.8 Å². The lowest BCUT2D eigenvalue weighted by molar-refractivity contribution is 0.324. The van der Waals surface area contributed by atoms with E-state index in [1.165, 1.54) is 11.8 Å². The van der Waals surface area contributed by atoms with Crippen molar-refractivity contribution >= 4 is 11.8 Å². The molecule has 126 valence electrons. The number of thioether (sulfide) groups is 1. The fourth-order valence-electron chi connectivity index (χ4n) is 1.90. The van der Waals surface area contributed by atoms with Crippen LogP contribution in [0.4, 0.5) is 0 Å². The molecule has 0 atom stereocenters. The van der Waals surface area contributed by atoms with Crippen LogP contribution in [-0.4, -0.2) is 62.8 Å². The largest absolute Gasteiger partial charge is 0.493 e. The Labute approximate surface area is 139 Å². The van der Waals surface area contributed by atoms with Crippen LogP contribution < -0.4 is 14.2 Å². The first-order valence-electron chi connectivity index (χ1n) is 7.00. The van der Waals surface area contributed by atoms with Gasteiger partial charge in [-0.05, 0) is 26.2 Å². The molecule has 23 heavy (non-hydrogen) atoms. The van der Waals surface area contributed by atoms with Gasteiger partial charge in [-0.3, -0.25) is 0 Å². The van der Waals surface area contributed by atoms with Gasteiger partial charge in [0.25, 0.3) is 5.22 Å². The normalized spacial score (nSPS) is 10.9. The molecule has 0 saturated carbocycles. The summed E-state index contributed by atoms with van der Waals surface area (Å²) in [6.07, 6.45) is 0. The highest BCUT2D eigenvalue weighted by Gasteiger charge is 2.17. The van der Waals surface area contributed by atoms with Crippen LogP contribution in [-0.2, 0) is 0 Å². The third-order valence-corrected chi connectivity index (χ3v) is 3.88. The van der Waals surface area contributed by atoms with E-state index in [0.717, 1.165) is 12.3 Å². The summed E-state index contributed by atoms with van der Waals surface area (Å²) in [6.45, 7) is 0.937. The molecule has 0 unspecified atom stereocenters. The molecule has 2 aromatic rings. The predicted octanol–water partition coefficient (Wildman–Crippen LogP) is 2.42. The number of hydrogen-bond acceptors (Lipinski definition) is 8. The summed E-state index contributed by atoms with van der Waals surface area (Å²) in [4.78, 5) is 2.10. The number of hydrogen-bond donors (Lipinski definition) is 0. The van der Waals surface area contributed by atoms with Gasteiger partial charge in [0.1, 0.15) is 0 Å². The summed E-state index contributed by atoms with van der Waals surface area (Å²) in [6, 6.07) is 3.56. The molecule has 1 aromatic heterocycles. The molecule has 0 aliphatic heterocycles. The lowest BCUT2D eigenvalue weighted by atomic mass is 10.2. The van der Waals surface area contributed by atoms with Gasteiger partial charge in [0.15, 0.2) is 11.5 Å². The van der Waals surface area contributed by atoms with Gasteiger partial charge >= 0.3 is 0 Å². The van der Waals surface area contributed by atoms with E-state index < -0.39 is 0 Å². The van der Waals surface area contributed by atoms with Crippen molar-refractivity contribution in [3.05, 3.63) is 12.1 Å². The molecule has 1 aromatic carbocycles. The molecule has 0 amide bonds. The van der Waals surface area contributed by atoms with Crippen LogP contribution in [0.1, 0.15) is 0 Å². The second-order valence-electron chi connectivity index (χ2n) is 4.94. The summed E-state index contributed by atoms with van der Waals surface area (Å²) >= 11 is 1.52. The summed E-state index contributed by atoms with van der Waals surface area (Å²) in [5.74, 6) is 2.91. The summed E-state index contributed by atoms with van der Waals surface area (Å²) < 4.78 is 21.7. The van der Waals surface area contributed by atoms with E-state index in [1.807, 2.05) is 14.1 Å². The van der Waals surface area contributed by atoms with E-state index in [0.29, 0.717) is 33.9 Å². The standard InChI is InChI=1S/C15H21N3O4S/c1-18(2)6-7-23-15-17-16-14(22-15)10-8-11(19-3)13(21-5)12(9-10)20-4/h8-9H,6-7H2,1-5H3. The number of methoxy groups -OCH3 is 3. The summed E-state index contributed by atoms with van der Waals surface area (Å²) in [5, 5.41) is 8.68. The van der Waals surface area contributed by atoms with Gasteiger partial charge in [0.2, 0.25) is 11.6 Å². The Balaban J connectivity index is 2.23. The Bertz CT molecular complexity index is 620. The van der Waals surface area contributed by atoms with Crippen molar-refractivity contribution in [3.63, 3.8) is 0 Å². The first-order chi connectivity index (χ1) is 11.1. The molecule has 0 aliphatic carbocycles. The number of aromatic nitrogens is 2. The molecule has 8 heteroatoms. The fraction of sp³-hybridized carbons (Fsp3) is 0.467. The van der Waals surface area contributed by atoms with Crippen LogP contribution in [0.25, 0.3) is 11.5 Å². The molecular formula is C15H21N3O4S. The molecule has 0 bridgehead atoms. The predicted molar refractivity (Wildman–Crippen MR) is 88.7 cm³/mol. The Morgan fingerprint density at radius 1 is 1.04 bits per heavy atom. The first-order valence-corrected chi connectivity index (χ1v) is 7.99. The van der Waals surface area contributed by atoms with Gasteiger partial charge < -0.3 is 23.5 Å². The van der Waals surface area contributed by atoms with Crippen LogP contribution in [0.2, 0.25) is 0 Å². The van der Waals surface area contributed by atoms with Crippen molar-refractivity contribution in [1.82, 2.24) is 15.1 Å². The maximum Gasteiger partial charge on any atom is 0.276 e. The number of nitrogens with zero attached hydrogens (tertiary/aromatic N) is 3. The second-order valence-corrected chi connectivity index (χ2v) is 5.99. The average Bonchev–Trinajstić information content (AvgIpc) is 3.01. The number of rotatable bonds is 8. The molecule has 0 spiro atoms. The minimum Gasteiger partial charge on any atom is -0.493 e. The minimum absolute atomic E-state index is 0.414. The highest BCUT2D eigenvalue weighted by Crippen LogP contribution is 2.41. The average molecular weight is 339 g/mol. The van der Waals surface area contributed by atoms with E-state index >= 15 is 0 Å². The van der Waals surface area contributed by atoms with E-state index in [-0.39, 0.29) is 0 Å². The number of ether oxygens (including phenoxy) is 3. The molecule has 0 fully saturated rings. The Morgan fingerprint density at radius 2 is 1.70 bits per heavy atom. The van der Waals surface area contributed by atoms with Gasteiger partial charge in [0, 0.05) is 17.9 Å². The molecule has 0 aliphatic rings. The van der Waals surface area contributed by atoms with Crippen LogP contribution in [0, 0.1) is 0 Å². The smallest absolute Gasteiger partial charge is 0.276 e. The Morgan fingerprint density at radius 3 is 2.22 bits per heavy atom. The second kappa shape index (κ2) is 8.07. The molecule has 1 heterocycles. The highest BCUT2D eigenvalue weighted by atomic mass is 32.2. The molecular weight excluding hydrogens is 318 g/mol. The van der Waals surface area contributed by atoms with E-state index in [2.05, 4.69) is 15.1 Å². The van der Waals surface area contributed by atoms with Crippen LogP contribution >= 0.6 is 11.8 Å². The van der Waals surface area contributed by atoms with Gasteiger partial charge in [-0.25, -0.2) is 0 Å². The maximum absolute atomic E-state index is 5.69. The topological polar surface area (TPSA) is 69.9 Å². The SMILES string of the molecule is COc1cc(-c2nnc(SCCN(C)C)o2)cc(OC)c1OC. The third-order valence-electron chi connectivity index (χ3n) is 3.08.